The van der Waals surface area contributed by atoms with E-state index in [0.29, 0.717) is 5.13 Å². The molecule has 0 aliphatic heterocycles. The first-order chi connectivity index (χ1) is 7.65. The summed E-state index contributed by atoms with van der Waals surface area (Å²) in [5.41, 5.74) is 3.88. The normalized spacial score (nSPS) is 10.8. The molecule has 0 amide bonds. The fraction of sp³-hybridized carbons (Fsp3) is 0.200. The van der Waals surface area contributed by atoms with Crippen molar-refractivity contribution in [3.8, 4) is 10.6 Å². The summed E-state index contributed by atoms with van der Waals surface area (Å²) < 4.78 is 12.7. The van der Waals surface area contributed by atoms with E-state index in [1.54, 1.807) is 17.1 Å². The van der Waals surface area contributed by atoms with E-state index in [-0.39, 0.29) is 5.82 Å². The molecule has 0 saturated heterocycles. The third kappa shape index (κ3) is 2.53. The second-order valence-electron chi connectivity index (χ2n) is 3.43. The van der Waals surface area contributed by atoms with E-state index in [0.717, 1.165) is 10.6 Å². The topological polar surface area (TPSA) is 41.0 Å². The van der Waals surface area contributed by atoms with Crippen LogP contribution in [0.5, 0.6) is 0 Å². The summed E-state index contributed by atoms with van der Waals surface area (Å²) in [5.74, 6) is -0.250. The van der Waals surface area contributed by atoms with Crippen LogP contribution in [0.25, 0.3) is 10.6 Å². The van der Waals surface area contributed by atoms with Crippen LogP contribution < -0.4 is 5.43 Å². The zero-order valence-electron chi connectivity index (χ0n) is 8.94. The number of nitrogens with one attached hydrogen (secondary N) is 1. The summed E-state index contributed by atoms with van der Waals surface area (Å²) in [4.78, 5) is 0. The van der Waals surface area contributed by atoms with Crippen LogP contribution in [-0.2, 0) is 0 Å². The molecule has 1 aromatic heterocycles. The smallest absolute Gasteiger partial charge is 0.220 e. The van der Waals surface area contributed by atoms with Gasteiger partial charge in [0.05, 0.1) is 0 Å². The number of aromatic nitrogens is 2. The van der Waals surface area contributed by atoms with Gasteiger partial charge < -0.3 is 0 Å². The van der Waals surface area contributed by atoms with Crippen LogP contribution in [-0.4, -0.2) is 29.3 Å². The Bertz CT molecular complexity index is 466. The van der Waals surface area contributed by atoms with E-state index in [4.69, 9.17) is 0 Å². The van der Waals surface area contributed by atoms with Gasteiger partial charge in [0.25, 0.3) is 0 Å². The molecule has 2 aromatic rings. The number of nitrogens with zero attached hydrogens (tertiary/aromatic N) is 3. The van der Waals surface area contributed by atoms with Gasteiger partial charge in [0, 0.05) is 19.7 Å². The summed E-state index contributed by atoms with van der Waals surface area (Å²) in [6, 6.07) is 6.20. The second kappa shape index (κ2) is 4.54. The molecule has 0 fully saturated rings. The minimum Gasteiger partial charge on any atom is -0.293 e. The first-order valence-electron chi connectivity index (χ1n) is 4.68. The van der Waals surface area contributed by atoms with Gasteiger partial charge in [-0.2, -0.15) is 0 Å². The lowest BCUT2D eigenvalue weighted by Gasteiger charge is -2.08. The lowest BCUT2D eigenvalue weighted by molar-refractivity contribution is 0.494. The summed E-state index contributed by atoms with van der Waals surface area (Å²) in [6.07, 6.45) is 0. The molecule has 0 bridgehead atoms. The quantitative estimate of drug-likeness (QED) is 0.832. The van der Waals surface area contributed by atoms with Crippen LogP contribution in [0.4, 0.5) is 9.52 Å². The number of hydrogen-bond donors (Lipinski definition) is 1. The molecule has 0 aliphatic carbocycles. The van der Waals surface area contributed by atoms with Crippen molar-refractivity contribution in [1.29, 1.82) is 0 Å². The number of benzene rings is 1. The Balaban J connectivity index is 2.21. The molecule has 2 rings (SSSR count). The number of anilines is 1. The highest BCUT2D eigenvalue weighted by Gasteiger charge is 2.06. The molecule has 0 aliphatic rings. The fourth-order valence-electron chi connectivity index (χ4n) is 1.17. The van der Waals surface area contributed by atoms with Crippen molar-refractivity contribution in [3.05, 3.63) is 30.1 Å². The minimum atomic E-state index is -0.250. The van der Waals surface area contributed by atoms with Crippen molar-refractivity contribution in [3.63, 3.8) is 0 Å². The Kier molecular flexibility index (Phi) is 3.12. The van der Waals surface area contributed by atoms with Crippen LogP contribution in [0, 0.1) is 5.82 Å². The molecule has 1 aromatic carbocycles. The maximum atomic E-state index is 12.7. The summed E-state index contributed by atoms with van der Waals surface area (Å²) >= 11 is 1.42. The Morgan fingerprint density at radius 3 is 2.50 bits per heavy atom. The highest BCUT2D eigenvalue weighted by atomic mass is 32.1. The third-order valence-corrected chi connectivity index (χ3v) is 2.71. The molecule has 6 heteroatoms. The van der Waals surface area contributed by atoms with Gasteiger partial charge in [-0.15, -0.1) is 10.2 Å². The summed E-state index contributed by atoms with van der Waals surface area (Å²) in [5, 5.41) is 11.3. The lowest BCUT2D eigenvalue weighted by atomic mass is 10.2. The van der Waals surface area contributed by atoms with Crippen molar-refractivity contribution in [2.24, 2.45) is 0 Å². The molecule has 4 nitrogen and oxygen atoms in total. The van der Waals surface area contributed by atoms with Gasteiger partial charge in [-0.05, 0) is 24.3 Å². The largest absolute Gasteiger partial charge is 0.293 e. The van der Waals surface area contributed by atoms with E-state index in [9.17, 15) is 4.39 Å². The average Bonchev–Trinajstić information content (AvgIpc) is 2.66. The predicted molar refractivity (Wildman–Crippen MR) is 62.6 cm³/mol. The van der Waals surface area contributed by atoms with Gasteiger partial charge in [0.1, 0.15) is 10.8 Å². The van der Waals surface area contributed by atoms with Crippen molar-refractivity contribution < 1.29 is 4.39 Å². The SMILES string of the molecule is CN(C)Nc1nnc(-c2ccc(F)cc2)s1. The van der Waals surface area contributed by atoms with Crippen LogP contribution in [0.3, 0.4) is 0 Å². The van der Waals surface area contributed by atoms with Crippen LogP contribution in [0.1, 0.15) is 0 Å². The standard InChI is InChI=1S/C10H11FN4S/c1-15(2)14-10-13-12-9(16-10)7-3-5-8(11)6-4-7/h3-6H,1-2H3,(H,13,14). The molecule has 0 atom stereocenters. The molecular weight excluding hydrogens is 227 g/mol. The molecule has 1 heterocycles. The molecule has 1 N–H and O–H groups in total. The maximum absolute atomic E-state index is 12.7. The van der Waals surface area contributed by atoms with E-state index >= 15 is 0 Å². The van der Waals surface area contributed by atoms with Crippen LogP contribution >= 0.6 is 11.3 Å². The Labute approximate surface area is 96.7 Å². The summed E-state index contributed by atoms with van der Waals surface area (Å²) in [7, 11) is 3.75. The monoisotopic (exact) mass is 238 g/mol. The molecule has 0 spiro atoms. The molecule has 0 unspecified atom stereocenters. The zero-order valence-corrected chi connectivity index (χ0v) is 9.75. The zero-order chi connectivity index (χ0) is 11.5. The molecule has 16 heavy (non-hydrogen) atoms. The van der Waals surface area contributed by atoms with Crippen molar-refractivity contribution in [1.82, 2.24) is 15.2 Å². The third-order valence-electron chi connectivity index (χ3n) is 1.84. The number of hydrogen-bond acceptors (Lipinski definition) is 5. The van der Waals surface area contributed by atoms with Gasteiger partial charge in [0.2, 0.25) is 5.13 Å². The predicted octanol–water partition coefficient (Wildman–Crippen LogP) is 2.23. The van der Waals surface area contributed by atoms with Gasteiger partial charge in [0.15, 0.2) is 0 Å². The van der Waals surface area contributed by atoms with Gasteiger partial charge in [-0.25, -0.2) is 9.40 Å². The first kappa shape index (κ1) is 11.0. The highest BCUT2D eigenvalue weighted by molar-refractivity contribution is 7.18. The van der Waals surface area contributed by atoms with E-state index < -0.39 is 0 Å². The highest BCUT2D eigenvalue weighted by Crippen LogP contribution is 2.26. The van der Waals surface area contributed by atoms with Crippen molar-refractivity contribution in [2.45, 2.75) is 0 Å². The van der Waals surface area contributed by atoms with Crippen LogP contribution in [0.2, 0.25) is 0 Å². The van der Waals surface area contributed by atoms with Crippen molar-refractivity contribution in [2.75, 3.05) is 19.5 Å². The Hall–Kier alpha value is -1.53. The minimum absolute atomic E-state index is 0.250. The number of rotatable bonds is 3. The number of hydrazine groups is 1. The van der Waals surface area contributed by atoms with Crippen LogP contribution in [0.15, 0.2) is 24.3 Å². The number of halogens is 1. The van der Waals surface area contributed by atoms with Gasteiger partial charge in [-0.3, -0.25) is 5.43 Å². The average molecular weight is 238 g/mol. The first-order valence-corrected chi connectivity index (χ1v) is 5.50. The second-order valence-corrected chi connectivity index (χ2v) is 4.40. The molecular formula is C10H11FN4S. The molecule has 84 valence electrons. The summed E-state index contributed by atoms with van der Waals surface area (Å²) in [6.45, 7) is 0. The van der Waals surface area contributed by atoms with Crippen molar-refractivity contribution >= 4 is 16.5 Å². The maximum Gasteiger partial charge on any atom is 0.220 e. The van der Waals surface area contributed by atoms with E-state index in [2.05, 4.69) is 15.6 Å². The molecule has 0 saturated carbocycles. The van der Waals surface area contributed by atoms with E-state index in [1.807, 2.05) is 14.1 Å². The lowest BCUT2D eigenvalue weighted by Crippen LogP contribution is -2.19. The Morgan fingerprint density at radius 1 is 1.19 bits per heavy atom. The fourth-order valence-corrected chi connectivity index (χ4v) is 2.00. The van der Waals surface area contributed by atoms with E-state index in [1.165, 1.54) is 23.5 Å². The van der Waals surface area contributed by atoms with Gasteiger partial charge in [-0.1, -0.05) is 11.3 Å². The van der Waals surface area contributed by atoms with Gasteiger partial charge >= 0.3 is 0 Å². The Morgan fingerprint density at radius 2 is 1.88 bits per heavy atom. The molecule has 0 radical (unpaired) electrons.